The molecule has 11 heteroatoms. The minimum absolute atomic E-state index is 0.00472. The number of carbonyl (C=O) groups is 3. The number of nitrogens with zero attached hydrogens (tertiary/aromatic N) is 3. The number of carbonyl (C=O) groups excluding carboxylic acids is 1. The highest BCUT2D eigenvalue weighted by Gasteiger charge is 2.25. The van der Waals surface area contributed by atoms with Crippen LogP contribution >= 0.6 is 0 Å². The third-order valence-electron chi connectivity index (χ3n) is 8.35. The van der Waals surface area contributed by atoms with Crippen LogP contribution in [0, 0.1) is 0 Å². The SMILES string of the molecule is C[C@H]1CCN(C(=O)c2ccc(-c3ccc4[nH]ccc4c3)c(OCCN3CCN(C)CC3)c2)c2ccccc2N1.O=C(O)/C=C/C(=O)O. The number of ether oxygens (including phenoxy) is 1. The van der Waals surface area contributed by atoms with Crippen molar-refractivity contribution in [2.75, 3.05) is 63.1 Å². The van der Waals surface area contributed by atoms with Crippen molar-refractivity contribution in [3.8, 4) is 16.9 Å². The number of piperazine rings is 1. The largest absolute Gasteiger partial charge is 0.492 e. The van der Waals surface area contributed by atoms with E-state index in [9.17, 15) is 14.4 Å². The molecule has 1 aromatic heterocycles. The zero-order chi connectivity index (χ0) is 33.3. The van der Waals surface area contributed by atoms with Crippen LogP contribution in [0.5, 0.6) is 5.75 Å². The van der Waals surface area contributed by atoms with E-state index in [1.165, 1.54) is 0 Å². The molecule has 11 nitrogen and oxygen atoms in total. The van der Waals surface area contributed by atoms with Gasteiger partial charge in [-0.3, -0.25) is 9.69 Å². The van der Waals surface area contributed by atoms with Crippen LogP contribution in [0.2, 0.25) is 0 Å². The van der Waals surface area contributed by atoms with E-state index in [0.717, 1.165) is 78.3 Å². The fraction of sp³-hybridized carbons (Fsp3) is 0.306. The summed E-state index contributed by atoms with van der Waals surface area (Å²) in [6.07, 6.45) is 3.95. The van der Waals surface area contributed by atoms with Crippen molar-refractivity contribution < 1.29 is 29.3 Å². The highest BCUT2D eigenvalue weighted by Crippen LogP contribution is 2.35. The van der Waals surface area contributed by atoms with Crippen LogP contribution in [0.4, 0.5) is 11.4 Å². The summed E-state index contributed by atoms with van der Waals surface area (Å²) in [5.74, 6) is -1.77. The number of para-hydroxylation sites is 2. The van der Waals surface area contributed by atoms with E-state index in [2.05, 4.69) is 58.3 Å². The second-order valence-electron chi connectivity index (χ2n) is 11.8. The first kappa shape index (κ1) is 33.2. The summed E-state index contributed by atoms with van der Waals surface area (Å²) >= 11 is 0. The summed E-state index contributed by atoms with van der Waals surface area (Å²) in [4.78, 5) is 43.0. The van der Waals surface area contributed by atoms with Gasteiger partial charge in [0.05, 0.1) is 11.4 Å². The number of hydrogen-bond donors (Lipinski definition) is 4. The molecular formula is C36H41N5O6. The van der Waals surface area contributed by atoms with Crippen molar-refractivity contribution in [2.45, 2.75) is 19.4 Å². The standard InChI is InChI=1S/C32H37N5O2.C4H4O4/c1-23-12-14-37(30-6-4-3-5-29(30)34-23)32(38)26-7-9-27(24-8-10-28-25(21-24)11-13-33-28)31(22-26)39-20-19-36-17-15-35(2)16-18-36;5-3(6)1-2-4(7)8/h3-11,13,21-23,33-34H,12,14-20H2,1-2H3;1-2H,(H,5,6)(H,7,8)/b;2-1+/t23-;/m0./s1. The first-order chi connectivity index (χ1) is 22.7. The molecule has 1 atom stereocenters. The van der Waals surface area contributed by atoms with Crippen LogP contribution in [0.1, 0.15) is 23.7 Å². The van der Waals surface area contributed by atoms with Gasteiger partial charge in [-0.2, -0.15) is 0 Å². The number of benzene rings is 3. The van der Waals surface area contributed by atoms with E-state index in [1.54, 1.807) is 0 Å². The monoisotopic (exact) mass is 639 g/mol. The fourth-order valence-corrected chi connectivity index (χ4v) is 5.71. The Morgan fingerprint density at radius 1 is 0.915 bits per heavy atom. The number of aromatic amines is 1. The van der Waals surface area contributed by atoms with Crippen molar-refractivity contribution in [1.29, 1.82) is 0 Å². The summed E-state index contributed by atoms with van der Waals surface area (Å²) in [6.45, 7) is 8.53. The Labute approximate surface area is 274 Å². The number of aromatic nitrogens is 1. The van der Waals surface area contributed by atoms with Gasteiger partial charge in [-0.25, -0.2) is 9.59 Å². The van der Waals surface area contributed by atoms with Gasteiger partial charge >= 0.3 is 11.9 Å². The number of carboxylic acid groups (broad SMARTS) is 2. The van der Waals surface area contributed by atoms with Gasteiger partial charge in [0.15, 0.2) is 0 Å². The first-order valence-electron chi connectivity index (χ1n) is 15.7. The van der Waals surface area contributed by atoms with Crippen LogP contribution in [-0.4, -0.2) is 102 Å². The van der Waals surface area contributed by atoms with Crippen LogP contribution in [0.15, 0.2) is 85.1 Å². The second-order valence-corrected chi connectivity index (χ2v) is 11.8. The lowest BCUT2D eigenvalue weighted by Crippen LogP contribution is -2.45. The van der Waals surface area contributed by atoms with Crippen LogP contribution in [-0.2, 0) is 9.59 Å². The zero-order valence-corrected chi connectivity index (χ0v) is 26.7. The van der Waals surface area contributed by atoms with Gasteiger partial charge in [0, 0.05) is 80.3 Å². The molecule has 6 rings (SSSR count). The van der Waals surface area contributed by atoms with Crippen LogP contribution in [0.3, 0.4) is 0 Å². The quantitative estimate of drug-likeness (QED) is 0.196. The molecule has 0 unspecified atom stereocenters. The molecule has 0 saturated carbocycles. The van der Waals surface area contributed by atoms with E-state index in [1.807, 2.05) is 53.6 Å². The Morgan fingerprint density at radius 2 is 1.66 bits per heavy atom. The maximum Gasteiger partial charge on any atom is 0.328 e. The molecule has 1 fully saturated rings. The molecule has 1 saturated heterocycles. The topological polar surface area (TPSA) is 138 Å². The molecule has 0 bridgehead atoms. The number of nitrogens with one attached hydrogen (secondary N) is 2. The number of carboxylic acids is 2. The van der Waals surface area contributed by atoms with Crippen LogP contribution in [0.25, 0.3) is 22.0 Å². The Bertz CT molecular complexity index is 1730. The van der Waals surface area contributed by atoms with Crippen molar-refractivity contribution in [1.82, 2.24) is 14.8 Å². The van der Waals surface area contributed by atoms with E-state index in [4.69, 9.17) is 14.9 Å². The zero-order valence-electron chi connectivity index (χ0n) is 26.7. The van der Waals surface area contributed by atoms with Crippen molar-refractivity contribution in [3.05, 3.63) is 90.6 Å². The molecule has 0 radical (unpaired) electrons. The molecule has 3 heterocycles. The molecule has 4 aromatic rings. The molecule has 4 N–H and O–H groups in total. The molecular weight excluding hydrogens is 598 g/mol. The van der Waals surface area contributed by atoms with Crippen molar-refractivity contribution in [3.63, 3.8) is 0 Å². The number of likely N-dealkylation sites (N-methyl/N-ethyl adjacent to an activating group) is 1. The minimum Gasteiger partial charge on any atom is -0.492 e. The predicted octanol–water partition coefficient (Wildman–Crippen LogP) is 5.02. The van der Waals surface area contributed by atoms with Crippen LogP contribution < -0.4 is 15.0 Å². The van der Waals surface area contributed by atoms with Gasteiger partial charge in [-0.15, -0.1) is 0 Å². The molecule has 47 heavy (non-hydrogen) atoms. The lowest BCUT2D eigenvalue weighted by atomic mass is 10.0. The summed E-state index contributed by atoms with van der Waals surface area (Å²) in [6, 6.07) is 22.7. The average molecular weight is 640 g/mol. The summed E-state index contributed by atoms with van der Waals surface area (Å²) in [7, 11) is 2.17. The normalized spacial score (nSPS) is 16.9. The number of amides is 1. The van der Waals surface area contributed by atoms with Gasteiger partial charge in [-0.1, -0.05) is 18.2 Å². The fourth-order valence-electron chi connectivity index (χ4n) is 5.71. The summed E-state index contributed by atoms with van der Waals surface area (Å²) in [5.41, 5.74) is 5.74. The third-order valence-corrected chi connectivity index (χ3v) is 8.35. The maximum atomic E-state index is 13.9. The summed E-state index contributed by atoms with van der Waals surface area (Å²) in [5, 5.41) is 20.3. The Morgan fingerprint density at radius 3 is 2.40 bits per heavy atom. The average Bonchev–Trinajstić information content (AvgIpc) is 3.47. The van der Waals surface area contributed by atoms with Gasteiger partial charge < -0.3 is 35.1 Å². The number of hydrogen-bond acceptors (Lipinski definition) is 7. The van der Waals surface area contributed by atoms with Gasteiger partial charge in [-0.05, 0) is 79.9 Å². The van der Waals surface area contributed by atoms with Gasteiger partial charge in [0.25, 0.3) is 5.91 Å². The number of fused-ring (bicyclic) bond motifs is 2. The summed E-state index contributed by atoms with van der Waals surface area (Å²) < 4.78 is 6.46. The molecule has 2 aliphatic heterocycles. The van der Waals surface area contributed by atoms with E-state index in [-0.39, 0.29) is 5.91 Å². The Balaban J connectivity index is 0.000000483. The van der Waals surface area contributed by atoms with E-state index < -0.39 is 11.9 Å². The molecule has 1 amide bonds. The number of aliphatic carboxylic acids is 2. The number of rotatable bonds is 8. The molecule has 2 aliphatic rings. The Hall–Kier alpha value is -5.13. The predicted molar refractivity (Wildman–Crippen MR) is 183 cm³/mol. The highest BCUT2D eigenvalue weighted by molar-refractivity contribution is 6.08. The smallest absolute Gasteiger partial charge is 0.328 e. The Kier molecular flexibility index (Phi) is 10.9. The van der Waals surface area contributed by atoms with E-state index >= 15 is 0 Å². The van der Waals surface area contributed by atoms with Crippen molar-refractivity contribution in [2.24, 2.45) is 0 Å². The number of H-pyrrole nitrogens is 1. The van der Waals surface area contributed by atoms with Gasteiger partial charge in [0.2, 0.25) is 0 Å². The molecule has 0 spiro atoms. The maximum absolute atomic E-state index is 13.9. The molecule has 0 aliphatic carbocycles. The first-order valence-corrected chi connectivity index (χ1v) is 15.7. The number of anilines is 2. The highest BCUT2D eigenvalue weighted by atomic mass is 16.5. The molecule has 3 aromatic carbocycles. The molecule has 246 valence electrons. The lowest BCUT2D eigenvalue weighted by Gasteiger charge is -2.32. The second kappa shape index (κ2) is 15.4. The lowest BCUT2D eigenvalue weighted by molar-refractivity contribution is -0.134. The third kappa shape index (κ3) is 8.78. The minimum atomic E-state index is -1.26. The van der Waals surface area contributed by atoms with E-state index in [0.29, 0.717) is 36.9 Å². The van der Waals surface area contributed by atoms with Crippen molar-refractivity contribution >= 4 is 40.1 Å². The van der Waals surface area contributed by atoms with Gasteiger partial charge in [0.1, 0.15) is 12.4 Å².